The summed E-state index contributed by atoms with van der Waals surface area (Å²) in [5.74, 6) is 0.914. The Morgan fingerprint density at radius 2 is 1.86 bits per heavy atom. The van der Waals surface area contributed by atoms with Gasteiger partial charge in [-0.05, 0) is 68.1 Å². The van der Waals surface area contributed by atoms with Gasteiger partial charge in [0.2, 0.25) is 5.91 Å². The van der Waals surface area contributed by atoms with Crippen LogP contribution in [0, 0.1) is 17.8 Å². The van der Waals surface area contributed by atoms with E-state index in [0.717, 1.165) is 55.2 Å². The molecule has 0 bridgehead atoms. The van der Waals surface area contributed by atoms with Crippen LogP contribution < -0.4 is 0 Å². The molecule has 1 aromatic carbocycles. The van der Waals surface area contributed by atoms with Gasteiger partial charge >= 0.3 is 0 Å². The lowest BCUT2D eigenvalue weighted by Gasteiger charge is -2.30. The van der Waals surface area contributed by atoms with Gasteiger partial charge < -0.3 is 15.1 Å². The minimum atomic E-state index is -0.924. The van der Waals surface area contributed by atoms with E-state index >= 15 is 0 Å². The molecular formula is C21H26ClN3O3. The summed E-state index contributed by atoms with van der Waals surface area (Å²) in [6.07, 6.45) is 5.83. The van der Waals surface area contributed by atoms with Gasteiger partial charge in [0.25, 0.3) is 0 Å². The number of carbonyl (C=O) groups excluding carboxylic acids is 1. The van der Waals surface area contributed by atoms with Crippen molar-refractivity contribution in [1.82, 2.24) is 15.1 Å². The van der Waals surface area contributed by atoms with Crippen molar-refractivity contribution < 1.29 is 15.0 Å². The van der Waals surface area contributed by atoms with E-state index in [1.165, 1.54) is 0 Å². The Morgan fingerprint density at radius 1 is 1.18 bits per heavy atom. The number of aliphatic hydroxyl groups excluding tert-OH is 1. The van der Waals surface area contributed by atoms with Crippen molar-refractivity contribution >= 4 is 28.4 Å². The number of nitrogens with zero attached hydrogens (tertiary/aromatic N) is 2. The van der Waals surface area contributed by atoms with Crippen LogP contribution >= 0.6 is 11.6 Å². The maximum absolute atomic E-state index is 12.9. The number of amides is 1. The van der Waals surface area contributed by atoms with Crippen LogP contribution in [0.1, 0.15) is 44.1 Å². The SMILES string of the molecule is O=C([C@H]1CC[C@H](O)CC1)N1C[C@@H]2C[C@@](O)(c3cc(Cl)cc4[nH]ncc34)C[C@@H]2C1. The third-order valence-corrected chi connectivity index (χ3v) is 7.38. The number of aliphatic hydroxyl groups is 2. The Balaban J connectivity index is 1.31. The Kier molecular flexibility index (Phi) is 4.41. The average molecular weight is 404 g/mol. The highest BCUT2D eigenvalue weighted by molar-refractivity contribution is 6.31. The molecule has 28 heavy (non-hydrogen) atoms. The molecule has 2 heterocycles. The molecule has 3 N–H and O–H groups in total. The third-order valence-electron chi connectivity index (χ3n) is 7.16. The first-order chi connectivity index (χ1) is 13.4. The molecule has 0 radical (unpaired) electrons. The molecule has 2 saturated carbocycles. The number of halogens is 1. The number of H-pyrrole nitrogens is 1. The van der Waals surface area contributed by atoms with E-state index in [2.05, 4.69) is 10.2 Å². The lowest BCUT2D eigenvalue weighted by atomic mass is 9.86. The molecule has 6 nitrogen and oxygen atoms in total. The van der Waals surface area contributed by atoms with Crippen LogP contribution in [0.25, 0.3) is 10.9 Å². The summed E-state index contributed by atoms with van der Waals surface area (Å²) in [5.41, 5.74) is 0.758. The molecule has 1 amide bonds. The van der Waals surface area contributed by atoms with Crippen molar-refractivity contribution in [2.75, 3.05) is 13.1 Å². The molecule has 3 atom stereocenters. The van der Waals surface area contributed by atoms with Gasteiger partial charge in [0, 0.05) is 29.4 Å². The number of benzene rings is 1. The van der Waals surface area contributed by atoms with Crippen LogP contribution in [0.5, 0.6) is 0 Å². The van der Waals surface area contributed by atoms with Crippen molar-refractivity contribution in [2.45, 2.75) is 50.2 Å². The fourth-order valence-electron chi connectivity index (χ4n) is 5.73. The molecule has 150 valence electrons. The van der Waals surface area contributed by atoms with E-state index in [-0.39, 0.29) is 17.9 Å². The zero-order valence-electron chi connectivity index (χ0n) is 15.8. The lowest BCUT2D eigenvalue weighted by Crippen LogP contribution is -2.38. The lowest BCUT2D eigenvalue weighted by molar-refractivity contribution is -0.136. The van der Waals surface area contributed by atoms with Crippen molar-refractivity contribution in [3.05, 3.63) is 28.9 Å². The molecule has 2 aromatic rings. The highest BCUT2D eigenvalue weighted by Gasteiger charge is 2.51. The number of aromatic amines is 1. The van der Waals surface area contributed by atoms with E-state index in [4.69, 9.17) is 11.6 Å². The van der Waals surface area contributed by atoms with Crippen molar-refractivity contribution in [1.29, 1.82) is 0 Å². The molecule has 1 saturated heterocycles. The molecule has 1 aromatic heterocycles. The number of likely N-dealkylation sites (tertiary alicyclic amines) is 1. The zero-order chi connectivity index (χ0) is 19.5. The van der Waals surface area contributed by atoms with Gasteiger partial charge in [-0.3, -0.25) is 9.89 Å². The minimum Gasteiger partial charge on any atom is -0.393 e. The molecule has 3 aliphatic rings. The van der Waals surface area contributed by atoms with Gasteiger partial charge in [-0.2, -0.15) is 5.10 Å². The second-order valence-electron chi connectivity index (χ2n) is 8.99. The van der Waals surface area contributed by atoms with E-state index in [9.17, 15) is 15.0 Å². The maximum atomic E-state index is 12.9. The summed E-state index contributed by atoms with van der Waals surface area (Å²) in [5, 5.41) is 29.7. The predicted octanol–water partition coefficient (Wildman–Crippen LogP) is 2.82. The first kappa shape index (κ1) is 18.4. The maximum Gasteiger partial charge on any atom is 0.225 e. The molecular weight excluding hydrogens is 378 g/mol. The smallest absolute Gasteiger partial charge is 0.225 e. The Hall–Kier alpha value is -1.63. The zero-order valence-corrected chi connectivity index (χ0v) is 16.5. The number of rotatable bonds is 2. The molecule has 7 heteroatoms. The number of fused-ring (bicyclic) bond motifs is 2. The summed E-state index contributed by atoms with van der Waals surface area (Å²) in [6.45, 7) is 1.44. The van der Waals surface area contributed by atoms with Crippen LogP contribution in [0.3, 0.4) is 0 Å². The van der Waals surface area contributed by atoms with E-state index in [1.807, 2.05) is 17.0 Å². The van der Waals surface area contributed by atoms with Gasteiger partial charge in [0.15, 0.2) is 0 Å². The standard InChI is InChI=1S/C21H26ClN3O3/c22-15-5-18(17-9-23-24-19(17)6-15)21(28)7-13-10-25(11-14(13)8-21)20(27)12-1-3-16(26)4-2-12/h5-6,9,12-14,16,26,28H,1-4,7-8,10-11H2,(H,23,24)/t12-,13-,14+,16-,21-. The molecule has 3 fully saturated rings. The molecule has 2 aliphatic carbocycles. The molecule has 1 aliphatic heterocycles. The van der Waals surface area contributed by atoms with Crippen molar-refractivity contribution in [2.24, 2.45) is 17.8 Å². The van der Waals surface area contributed by atoms with E-state index < -0.39 is 5.60 Å². The minimum absolute atomic E-state index is 0.0552. The molecule has 0 spiro atoms. The largest absolute Gasteiger partial charge is 0.393 e. The monoisotopic (exact) mass is 403 g/mol. The quantitative estimate of drug-likeness (QED) is 0.719. The summed E-state index contributed by atoms with van der Waals surface area (Å²) in [4.78, 5) is 14.9. The first-order valence-electron chi connectivity index (χ1n) is 10.3. The van der Waals surface area contributed by atoms with Gasteiger partial charge in [0.05, 0.1) is 23.4 Å². The van der Waals surface area contributed by atoms with E-state index in [1.54, 1.807) is 6.20 Å². The predicted molar refractivity (Wildman–Crippen MR) is 106 cm³/mol. The average Bonchev–Trinajstić information content (AvgIpc) is 3.34. The Morgan fingerprint density at radius 3 is 2.54 bits per heavy atom. The summed E-state index contributed by atoms with van der Waals surface area (Å²) in [7, 11) is 0. The van der Waals surface area contributed by atoms with Gasteiger partial charge in [-0.15, -0.1) is 0 Å². The van der Waals surface area contributed by atoms with Crippen molar-refractivity contribution in [3.63, 3.8) is 0 Å². The number of hydrogen-bond donors (Lipinski definition) is 3. The third kappa shape index (κ3) is 3.02. The normalized spacial score (nSPS) is 35.5. The van der Waals surface area contributed by atoms with Gasteiger partial charge in [0.1, 0.15) is 0 Å². The van der Waals surface area contributed by atoms with Crippen LogP contribution in [0.2, 0.25) is 5.02 Å². The van der Waals surface area contributed by atoms with Crippen LogP contribution in [0.4, 0.5) is 0 Å². The van der Waals surface area contributed by atoms with Crippen molar-refractivity contribution in [3.8, 4) is 0 Å². The topological polar surface area (TPSA) is 89.5 Å². The summed E-state index contributed by atoms with van der Waals surface area (Å²) < 4.78 is 0. The fourth-order valence-corrected chi connectivity index (χ4v) is 5.95. The second kappa shape index (κ2) is 6.71. The molecule has 5 rings (SSSR count). The Labute approximate surface area is 168 Å². The van der Waals surface area contributed by atoms with Gasteiger partial charge in [-0.25, -0.2) is 0 Å². The summed E-state index contributed by atoms with van der Waals surface area (Å²) >= 11 is 6.27. The second-order valence-corrected chi connectivity index (χ2v) is 9.43. The van der Waals surface area contributed by atoms with Crippen LogP contribution in [0.15, 0.2) is 18.3 Å². The number of aromatic nitrogens is 2. The van der Waals surface area contributed by atoms with Gasteiger partial charge in [-0.1, -0.05) is 11.6 Å². The van der Waals surface area contributed by atoms with E-state index in [0.29, 0.717) is 29.7 Å². The summed E-state index contributed by atoms with van der Waals surface area (Å²) in [6, 6.07) is 3.69. The molecule has 0 unspecified atom stereocenters. The highest BCUT2D eigenvalue weighted by Crippen LogP contribution is 2.51. The fraction of sp³-hybridized carbons (Fsp3) is 0.619. The first-order valence-corrected chi connectivity index (χ1v) is 10.6. The number of carbonyl (C=O) groups is 1. The number of nitrogens with one attached hydrogen (secondary N) is 1. The highest BCUT2D eigenvalue weighted by atomic mass is 35.5. The Bertz CT molecular complexity index is 891. The number of hydrogen-bond acceptors (Lipinski definition) is 4. The van der Waals surface area contributed by atoms with Crippen LogP contribution in [-0.4, -0.2) is 50.4 Å². The van der Waals surface area contributed by atoms with Crippen LogP contribution in [-0.2, 0) is 10.4 Å².